The number of para-hydroxylation sites is 1. The summed E-state index contributed by atoms with van der Waals surface area (Å²) in [6.45, 7) is 7.40. The number of rotatable bonds is 7. The van der Waals surface area contributed by atoms with Gasteiger partial charge >= 0.3 is 5.97 Å². The van der Waals surface area contributed by atoms with Crippen LogP contribution in [0.2, 0.25) is 0 Å². The molecule has 3 aliphatic rings. The van der Waals surface area contributed by atoms with E-state index < -0.39 is 41.5 Å². The molecule has 0 aromatic heterocycles. The van der Waals surface area contributed by atoms with Gasteiger partial charge in [-0.05, 0) is 31.4 Å². The van der Waals surface area contributed by atoms with Crippen LogP contribution in [0.4, 0.5) is 5.69 Å². The van der Waals surface area contributed by atoms with Crippen LogP contribution in [0.1, 0.15) is 17.5 Å². The van der Waals surface area contributed by atoms with Gasteiger partial charge in [0.1, 0.15) is 11.6 Å². The molecule has 0 aliphatic carbocycles. The lowest BCUT2D eigenvalue weighted by Gasteiger charge is -2.37. The maximum atomic E-state index is 14.1. The van der Waals surface area contributed by atoms with Crippen molar-refractivity contribution in [1.82, 2.24) is 4.90 Å². The van der Waals surface area contributed by atoms with Crippen LogP contribution in [-0.4, -0.2) is 75.2 Å². The summed E-state index contributed by atoms with van der Waals surface area (Å²) in [6, 6.07) is 4.68. The van der Waals surface area contributed by atoms with E-state index in [-0.39, 0.29) is 30.4 Å². The van der Waals surface area contributed by atoms with E-state index in [1.54, 1.807) is 11.0 Å². The number of carbonyl (C=O) groups excluding carboxylic acids is 2. The lowest BCUT2D eigenvalue weighted by molar-refractivity contribution is -0.149. The second-order valence-electron chi connectivity index (χ2n) is 8.73. The number of carboxylic acids is 1. The van der Waals surface area contributed by atoms with E-state index in [4.69, 9.17) is 4.74 Å². The molecule has 3 unspecified atom stereocenters. The largest absolute Gasteiger partial charge is 0.481 e. The monoisotopic (exact) mass is 506 g/mol. The van der Waals surface area contributed by atoms with Gasteiger partial charge in [0.05, 0.1) is 24.5 Å². The summed E-state index contributed by atoms with van der Waals surface area (Å²) in [5.41, 5.74) is 1.25. The number of aliphatic carboxylic acids is 1. The Hall–Kier alpha value is -2.23. The average Bonchev–Trinajstić information content (AvgIpc) is 3.31. The standard InChI is InChI=1S/C23H27BrN2O6/c1-4-8-25(17-12(2)6-5-7-13(17)3)21(29)19-23-11-14(24)18(32-23)15(22(30)31)16(23)20(28)26(19)9-10-27/h4-7,14-16,18-19,27H,1,8-11H2,2-3H3,(H,30,31)/t14?,15-,16+,18-,19?,23?/m1/s1. The smallest absolute Gasteiger partial charge is 0.310 e. The quantitative estimate of drug-likeness (QED) is 0.430. The van der Waals surface area contributed by atoms with E-state index in [0.717, 1.165) is 16.8 Å². The summed E-state index contributed by atoms with van der Waals surface area (Å²) in [5.74, 6) is -3.95. The molecule has 3 aliphatic heterocycles. The van der Waals surface area contributed by atoms with E-state index in [1.165, 1.54) is 4.90 Å². The van der Waals surface area contributed by atoms with Gasteiger partial charge in [-0.3, -0.25) is 14.4 Å². The zero-order valence-electron chi connectivity index (χ0n) is 18.0. The van der Waals surface area contributed by atoms with Gasteiger partial charge in [-0.2, -0.15) is 0 Å². The Morgan fingerprint density at radius 2 is 2.03 bits per heavy atom. The number of alkyl halides is 1. The number of nitrogens with zero attached hydrogens (tertiary/aromatic N) is 2. The second-order valence-corrected chi connectivity index (χ2v) is 9.91. The van der Waals surface area contributed by atoms with Crippen LogP contribution < -0.4 is 4.90 Å². The van der Waals surface area contributed by atoms with Crippen LogP contribution in [0, 0.1) is 25.7 Å². The highest BCUT2D eigenvalue weighted by molar-refractivity contribution is 9.09. The number of β-amino-alcohol motifs (C(OH)–C–C–N with tert-alkyl or cyclic N) is 1. The Morgan fingerprint density at radius 3 is 2.59 bits per heavy atom. The van der Waals surface area contributed by atoms with Gasteiger partial charge in [0.25, 0.3) is 5.91 Å². The summed E-state index contributed by atoms with van der Waals surface area (Å²) < 4.78 is 6.23. The Kier molecular flexibility index (Phi) is 5.94. The van der Waals surface area contributed by atoms with Gasteiger partial charge in [0.15, 0.2) is 0 Å². The van der Waals surface area contributed by atoms with Gasteiger partial charge in [-0.15, -0.1) is 6.58 Å². The van der Waals surface area contributed by atoms with Gasteiger partial charge in [0.2, 0.25) is 5.91 Å². The SMILES string of the molecule is C=CCN(C(=O)C1N(CCO)C(=O)[C@@H]2[C@@H](C(=O)O)[C@@H]3OC12CC3Br)c1c(C)cccc1C. The summed E-state index contributed by atoms with van der Waals surface area (Å²) >= 11 is 3.52. The highest BCUT2D eigenvalue weighted by Gasteiger charge is 2.76. The van der Waals surface area contributed by atoms with E-state index >= 15 is 0 Å². The molecular weight excluding hydrogens is 480 g/mol. The first-order valence-corrected chi connectivity index (χ1v) is 11.6. The average molecular weight is 507 g/mol. The molecule has 6 atom stereocenters. The lowest BCUT2D eigenvalue weighted by atomic mass is 9.70. The Morgan fingerprint density at radius 1 is 1.38 bits per heavy atom. The molecule has 0 radical (unpaired) electrons. The minimum atomic E-state index is -1.26. The van der Waals surface area contributed by atoms with Crippen LogP contribution >= 0.6 is 15.9 Å². The van der Waals surface area contributed by atoms with E-state index in [1.807, 2.05) is 32.0 Å². The highest BCUT2D eigenvalue weighted by Crippen LogP contribution is 2.60. The Labute approximate surface area is 195 Å². The van der Waals surface area contributed by atoms with Gasteiger partial charge in [-0.25, -0.2) is 0 Å². The minimum Gasteiger partial charge on any atom is -0.481 e. The third-order valence-corrected chi connectivity index (χ3v) is 7.78. The molecule has 2 N–H and O–H groups in total. The van der Waals surface area contributed by atoms with Crippen molar-refractivity contribution in [2.75, 3.05) is 24.6 Å². The number of ether oxygens (including phenoxy) is 1. The van der Waals surface area contributed by atoms with Crippen molar-refractivity contribution in [2.24, 2.45) is 11.8 Å². The molecule has 3 heterocycles. The van der Waals surface area contributed by atoms with Crippen LogP contribution in [0.5, 0.6) is 0 Å². The summed E-state index contributed by atoms with van der Waals surface area (Å²) in [5, 5.41) is 19.5. The fourth-order valence-electron chi connectivity index (χ4n) is 5.84. The number of benzene rings is 1. The van der Waals surface area contributed by atoms with Gasteiger partial charge in [-0.1, -0.05) is 40.2 Å². The maximum Gasteiger partial charge on any atom is 0.310 e. The maximum absolute atomic E-state index is 14.1. The van der Waals surface area contributed by atoms with Crippen molar-refractivity contribution in [3.8, 4) is 0 Å². The number of hydrogen-bond acceptors (Lipinski definition) is 5. The van der Waals surface area contributed by atoms with E-state index in [2.05, 4.69) is 22.5 Å². The zero-order valence-corrected chi connectivity index (χ0v) is 19.6. The summed E-state index contributed by atoms with van der Waals surface area (Å²) in [4.78, 5) is 42.2. The molecule has 1 aromatic rings. The molecule has 3 fully saturated rings. The fraction of sp³-hybridized carbons (Fsp3) is 0.522. The molecule has 32 heavy (non-hydrogen) atoms. The first-order valence-electron chi connectivity index (χ1n) is 10.6. The van der Waals surface area contributed by atoms with Crippen molar-refractivity contribution in [1.29, 1.82) is 0 Å². The molecule has 2 amide bonds. The predicted molar refractivity (Wildman–Crippen MR) is 121 cm³/mol. The number of aliphatic hydroxyl groups is 1. The molecule has 8 nitrogen and oxygen atoms in total. The predicted octanol–water partition coefficient (Wildman–Crippen LogP) is 1.65. The van der Waals surface area contributed by atoms with Crippen LogP contribution in [0.3, 0.4) is 0 Å². The first kappa shape index (κ1) is 22.9. The molecule has 3 saturated heterocycles. The molecule has 0 saturated carbocycles. The van der Waals surface area contributed by atoms with Crippen LogP contribution in [0.25, 0.3) is 0 Å². The third kappa shape index (κ3) is 3.13. The summed E-state index contributed by atoms with van der Waals surface area (Å²) in [7, 11) is 0. The van der Waals surface area contributed by atoms with Gasteiger partial charge in [0, 0.05) is 23.6 Å². The zero-order chi connectivity index (χ0) is 23.4. The number of aliphatic hydroxyl groups excluding tert-OH is 1. The normalized spacial score (nSPS) is 32.8. The van der Waals surface area contributed by atoms with Crippen molar-refractivity contribution in [2.45, 2.75) is 42.8 Å². The Bertz CT molecular complexity index is 963. The third-order valence-electron chi connectivity index (χ3n) is 6.94. The second kappa shape index (κ2) is 8.28. The van der Waals surface area contributed by atoms with Crippen molar-refractivity contribution < 1.29 is 29.3 Å². The molecular formula is C23H27BrN2O6. The number of hydrogen-bond donors (Lipinski definition) is 2. The van der Waals surface area contributed by atoms with E-state index in [0.29, 0.717) is 6.42 Å². The fourth-order valence-corrected chi connectivity index (χ4v) is 6.78. The van der Waals surface area contributed by atoms with Crippen LogP contribution in [0.15, 0.2) is 30.9 Å². The van der Waals surface area contributed by atoms with Crippen molar-refractivity contribution >= 4 is 39.4 Å². The number of halogens is 1. The number of amides is 2. The molecule has 2 bridgehead atoms. The number of aryl methyl sites for hydroxylation is 2. The number of likely N-dealkylation sites (tertiary alicyclic amines) is 1. The lowest BCUT2D eigenvalue weighted by Crippen LogP contribution is -2.57. The van der Waals surface area contributed by atoms with E-state index in [9.17, 15) is 24.6 Å². The molecule has 172 valence electrons. The van der Waals surface area contributed by atoms with Crippen LogP contribution in [-0.2, 0) is 19.1 Å². The number of carboxylic acid groups (broad SMARTS) is 1. The summed E-state index contributed by atoms with van der Waals surface area (Å²) in [6.07, 6.45) is 1.26. The number of anilines is 1. The molecule has 1 spiro atoms. The topological polar surface area (TPSA) is 107 Å². The molecule has 9 heteroatoms. The highest BCUT2D eigenvalue weighted by atomic mass is 79.9. The van der Waals surface area contributed by atoms with Crippen molar-refractivity contribution in [3.63, 3.8) is 0 Å². The minimum absolute atomic E-state index is 0.0739. The Balaban J connectivity index is 1.84. The van der Waals surface area contributed by atoms with Crippen molar-refractivity contribution in [3.05, 3.63) is 42.0 Å². The number of fused-ring (bicyclic) bond motifs is 1. The molecule has 4 rings (SSSR count). The first-order chi connectivity index (χ1) is 15.2. The molecule has 1 aromatic carbocycles. The number of carbonyl (C=O) groups is 3. The van der Waals surface area contributed by atoms with Gasteiger partial charge < -0.3 is 24.7 Å².